The van der Waals surface area contributed by atoms with Crippen LogP contribution in [0.5, 0.6) is 0 Å². The topological polar surface area (TPSA) is 80.9 Å². The minimum absolute atomic E-state index is 0.00522. The van der Waals surface area contributed by atoms with E-state index in [9.17, 15) is 4.79 Å². The molecule has 0 aliphatic carbocycles. The second-order valence-corrected chi connectivity index (χ2v) is 5.21. The van der Waals surface area contributed by atoms with Gasteiger partial charge >= 0.3 is 5.97 Å². The molecule has 0 aliphatic heterocycles. The van der Waals surface area contributed by atoms with Crippen LogP contribution < -0.4 is 0 Å². The summed E-state index contributed by atoms with van der Waals surface area (Å²) in [6.07, 6.45) is 5.12. The van der Waals surface area contributed by atoms with Crippen molar-refractivity contribution >= 4 is 17.7 Å². The summed E-state index contributed by atoms with van der Waals surface area (Å²) < 4.78 is 1.99. The van der Waals surface area contributed by atoms with Gasteiger partial charge in [0, 0.05) is 25.4 Å². The van der Waals surface area contributed by atoms with Gasteiger partial charge in [-0.25, -0.2) is 0 Å². The molecule has 0 radical (unpaired) electrons. The third kappa shape index (κ3) is 3.80. The molecule has 0 saturated heterocycles. The molecule has 0 bridgehead atoms. The number of thioether (sulfide) groups is 1. The Morgan fingerprint density at radius 3 is 2.95 bits per heavy atom. The average molecular weight is 292 g/mol. The van der Waals surface area contributed by atoms with E-state index in [4.69, 9.17) is 5.11 Å². The van der Waals surface area contributed by atoms with Crippen LogP contribution >= 0.6 is 11.8 Å². The van der Waals surface area contributed by atoms with Gasteiger partial charge in [0.1, 0.15) is 5.82 Å². The molecule has 0 saturated carbocycles. The Morgan fingerprint density at radius 1 is 1.45 bits per heavy atom. The number of carboxylic acids is 1. The molecule has 2 heterocycles. The van der Waals surface area contributed by atoms with Gasteiger partial charge in [-0.3, -0.25) is 9.78 Å². The summed E-state index contributed by atoms with van der Waals surface area (Å²) >= 11 is 1.20. The fourth-order valence-corrected chi connectivity index (χ4v) is 2.52. The van der Waals surface area contributed by atoms with Crippen molar-refractivity contribution in [3.63, 3.8) is 0 Å². The molecule has 6 nitrogen and oxygen atoms in total. The molecular weight excluding hydrogens is 276 g/mol. The first-order chi connectivity index (χ1) is 9.70. The van der Waals surface area contributed by atoms with Gasteiger partial charge in [0.15, 0.2) is 5.16 Å². The van der Waals surface area contributed by atoms with Crippen molar-refractivity contribution in [1.29, 1.82) is 0 Å². The molecule has 0 amide bonds. The molecule has 106 valence electrons. The smallest absolute Gasteiger partial charge is 0.313 e. The lowest BCUT2D eigenvalue weighted by atomic mass is 10.2. The predicted octanol–water partition coefficient (Wildman–Crippen LogP) is 1.85. The maximum Gasteiger partial charge on any atom is 0.313 e. The molecule has 0 aliphatic rings. The number of hydrogen-bond donors (Lipinski definition) is 1. The number of pyridine rings is 1. The summed E-state index contributed by atoms with van der Waals surface area (Å²) in [6, 6.07) is 3.87. The summed E-state index contributed by atoms with van der Waals surface area (Å²) in [6.45, 7) is 2.85. The maximum atomic E-state index is 10.7. The molecule has 2 aromatic heterocycles. The van der Waals surface area contributed by atoms with Gasteiger partial charge in [0.25, 0.3) is 0 Å². The highest BCUT2D eigenvalue weighted by molar-refractivity contribution is 7.99. The Balaban J connectivity index is 2.17. The Kier molecular flexibility index (Phi) is 5.11. The van der Waals surface area contributed by atoms with E-state index in [0.717, 1.165) is 24.4 Å². The number of rotatable bonds is 7. The zero-order valence-corrected chi connectivity index (χ0v) is 12.0. The van der Waals surface area contributed by atoms with E-state index in [-0.39, 0.29) is 5.75 Å². The van der Waals surface area contributed by atoms with Crippen molar-refractivity contribution < 1.29 is 9.90 Å². The molecule has 20 heavy (non-hydrogen) atoms. The first kappa shape index (κ1) is 14.5. The summed E-state index contributed by atoms with van der Waals surface area (Å²) in [5.74, 6) is -0.0167. The van der Waals surface area contributed by atoms with Gasteiger partial charge in [0.05, 0.1) is 5.75 Å². The van der Waals surface area contributed by atoms with Crippen molar-refractivity contribution in [2.24, 2.45) is 0 Å². The van der Waals surface area contributed by atoms with E-state index in [1.54, 1.807) is 12.4 Å². The Labute approximate surface area is 121 Å². The molecule has 0 spiro atoms. The Hall–Kier alpha value is -1.89. The van der Waals surface area contributed by atoms with Crippen LogP contribution in [0.25, 0.3) is 0 Å². The van der Waals surface area contributed by atoms with Crippen molar-refractivity contribution in [1.82, 2.24) is 19.7 Å². The molecule has 1 N–H and O–H groups in total. The van der Waals surface area contributed by atoms with Crippen LogP contribution in [0.3, 0.4) is 0 Å². The van der Waals surface area contributed by atoms with Gasteiger partial charge in [-0.15, -0.1) is 10.2 Å². The number of aliphatic carboxylic acids is 1. The fraction of sp³-hybridized carbons (Fsp3) is 0.385. The summed E-state index contributed by atoms with van der Waals surface area (Å²) in [7, 11) is 0. The van der Waals surface area contributed by atoms with Gasteiger partial charge < -0.3 is 9.67 Å². The molecule has 2 rings (SSSR count). The predicted molar refractivity (Wildman–Crippen MR) is 75.7 cm³/mol. The van der Waals surface area contributed by atoms with Crippen LogP contribution in [0.15, 0.2) is 29.7 Å². The van der Waals surface area contributed by atoms with E-state index < -0.39 is 5.97 Å². The molecular formula is C13H16N4O2S. The highest BCUT2D eigenvalue weighted by atomic mass is 32.2. The standard InChI is InChI=1S/C13H16N4O2S/c1-2-6-17-11(7-10-4-3-5-14-8-10)15-16-13(17)20-9-12(18)19/h3-5,8H,2,6-7,9H2,1H3,(H,18,19). The van der Waals surface area contributed by atoms with Crippen molar-refractivity contribution in [3.8, 4) is 0 Å². The van der Waals surface area contributed by atoms with E-state index in [0.29, 0.717) is 11.6 Å². The van der Waals surface area contributed by atoms with Gasteiger partial charge in [-0.1, -0.05) is 24.8 Å². The average Bonchev–Trinajstić information content (AvgIpc) is 2.81. The Bertz CT molecular complexity index is 571. The molecule has 0 unspecified atom stereocenters. The molecule has 0 aromatic carbocycles. The number of aromatic nitrogens is 4. The quantitative estimate of drug-likeness (QED) is 0.784. The third-order valence-corrected chi connectivity index (χ3v) is 3.60. The SMILES string of the molecule is CCCn1c(Cc2cccnc2)nnc1SCC(=O)O. The summed E-state index contributed by atoms with van der Waals surface area (Å²) in [5, 5.41) is 17.7. The van der Waals surface area contributed by atoms with Crippen molar-refractivity contribution in [2.45, 2.75) is 31.5 Å². The molecule has 0 fully saturated rings. The monoisotopic (exact) mass is 292 g/mol. The number of nitrogens with zero attached hydrogens (tertiary/aromatic N) is 4. The minimum atomic E-state index is -0.852. The number of hydrogen-bond acceptors (Lipinski definition) is 5. The zero-order valence-electron chi connectivity index (χ0n) is 11.2. The summed E-state index contributed by atoms with van der Waals surface area (Å²) in [4.78, 5) is 14.7. The summed E-state index contributed by atoms with van der Waals surface area (Å²) in [5.41, 5.74) is 1.06. The lowest BCUT2D eigenvalue weighted by molar-refractivity contribution is -0.133. The fourth-order valence-electron chi connectivity index (χ4n) is 1.82. The van der Waals surface area contributed by atoms with Gasteiger partial charge in [-0.05, 0) is 18.1 Å². The molecule has 2 aromatic rings. The first-order valence-corrected chi connectivity index (χ1v) is 7.34. The largest absolute Gasteiger partial charge is 0.481 e. The van der Waals surface area contributed by atoms with E-state index in [1.807, 2.05) is 16.7 Å². The van der Waals surface area contributed by atoms with Crippen LogP contribution in [0.2, 0.25) is 0 Å². The minimum Gasteiger partial charge on any atom is -0.481 e. The highest BCUT2D eigenvalue weighted by Crippen LogP contribution is 2.19. The van der Waals surface area contributed by atoms with Crippen LogP contribution in [-0.4, -0.2) is 36.6 Å². The second kappa shape index (κ2) is 7.04. The van der Waals surface area contributed by atoms with Crippen LogP contribution in [0, 0.1) is 0 Å². The third-order valence-electron chi connectivity index (χ3n) is 2.65. The normalized spacial score (nSPS) is 10.7. The van der Waals surface area contributed by atoms with Crippen molar-refractivity contribution in [3.05, 3.63) is 35.9 Å². The maximum absolute atomic E-state index is 10.7. The van der Waals surface area contributed by atoms with Gasteiger partial charge in [-0.2, -0.15) is 0 Å². The molecule has 0 atom stereocenters. The number of carboxylic acid groups (broad SMARTS) is 1. The molecule has 7 heteroatoms. The Morgan fingerprint density at radius 2 is 2.30 bits per heavy atom. The van der Waals surface area contributed by atoms with Crippen molar-refractivity contribution in [2.75, 3.05) is 5.75 Å². The number of carbonyl (C=O) groups is 1. The van der Waals surface area contributed by atoms with Crippen LogP contribution in [-0.2, 0) is 17.8 Å². The second-order valence-electron chi connectivity index (χ2n) is 4.27. The van der Waals surface area contributed by atoms with Crippen LogP contribution in [0.4, 0.5) is 0 Å². The zero-order chi connectivity index (χ0) is 14.4. The van der Waals surface area contributed by atoms with E-state index in [2.05, 4.69) is 22.1 Å². The highest BCUT2D eigenvalue weighted by Gasteiger charge is 2.13. The van der Waals surface area contributed by atoms with E-state index in [1.165, 1.54) is 11.8 Å². The van der Waals surface area contributed by atoms with E-state index >= 15 is 0 Å². The lowest BCUT2D eigenvalue weighted by Crippen LogP contribution is -2.07. The van der Waals surface area contributed by atoms with Gasteiger partial charge in [0.2, 0.25) is 0 Å². The first-order valence-electron chi connectivity index (χ1n) is 6.36. The lowest BCUT2D eigenvalue weighted by Gasteiger charge is -2.08. The van der Waals surface area contributed by atoms with Crippen LogP contribution in [0.1, 0.15) is 24.7 Å².